The van der Waals surface area contributed by atoms with Crippen LogP contribution in [-0.2, 0) is 4.79 Å². The van der Waals surface area contributed by atoms with Crippen LogP contribution in [0, 0.1) is 5.92 Å². The van der Waals surface area contributed by atoms with Gasteiger partial charge in [-0.2, -0.15) is 0 Å². The van der Waals surface area contributed by atoms with Crippen LogP contribution in [-0.4, -0.2) is 27.9 Å². The predicted octanol–water partition coefficient (Wildman–Crippen LogP) is 1.38. The standard InChI is InChI=1S/C8H11NO2S/c10-8(11)6-4-9-7(12-6)5-2-1-3-5/h5-6H,1-4H2,(H,10,11). The number of nitrogens with zero attached hydrogens (tertiary/aromatic N) is 1. The summed E-state index contributed by atoms with van der Waals surface area (Å²) in [6, 6.07) is 0. The Morgan fingerprint density at radius 3 is 2.75 bits per heavy atom. The highest BCUT2D eigenvalue weighted by Gasteiger charge is 2.32. The lowest BCUT2D eigenvalue weighted by Gasteiger charge is -2.24. The van der Waals surface area contributed by atoms with Gasteiger partial charge in [0.15, 0.2) is 0 Å². The van der Waals surface area contributed by atoms with Crippen molar-refractivity contribution < 1.29 is 9.90 Å². The summed E-state index contributed by atoms with van der Waals surface area (Å²) in [5.74, 6) is -0.127. The number of thioether (sulfide) groups is 1. The van der Waals surface area contributed by atoms with Crippen molar-refractivity contribution in [3.05, 3.63) is 0 Å². The van der Waals surface area contributed by atoms with Crippen LogP contribution < -0.4 is 0 Å². The highest BCUT2D eigenvalue weighted by molar-refractivity contribution is 8.15. The molecule has 4 heteroatoms. The molecule has 1 atom stereocenters. The predicted molar refractivity (Wildman–Crippen MR) is 48.7 cm³/mol. The van der Waals surface area contributed by atoms with E-state index in [1.807, 2.05) is 0 Å². The molecular formula is C8H11NO2S. The van der Waals surface area contributed by atoms with Crippen LogP contribution in [0.25, 0.3) is 0 Å². The van der Waals surface area contributed by atoms with Gasteiger partial charge >= 0.3 is 5.97 Å². The zero-order valence-electron chi connectivity index (χ0n) is 6.69. The summed E-state index contributed by atoms with van der Waals surface area (Å²) in [6.07, 6.45) is 3.69. The molecule has 3 nitrogen and oxygen atoms in total. The van der Waals surface area contributed by atoms with E-state index in [0.29, 0.717) is 12.5 Å². The van der Waals surface area contributed by atoms with Gasteiger partial charge < -0.3 is 5.11 Å². The Morgan fingerprint density at radius 1 is 1.58 bits per heavy atom. The Hall–Kier alpha value is -0.510. The van der Waals surface area contributed by atoms with Gasteiger partial charge in [-0.05, 0) is 12.8 Å². The van der Waals surface area contributed by atoms with Crippen molar-refractivity contribution in [1.82, 2.24) is 0 Å². The van der Waals surface area contributed by atoms with Crippen LogP contribution in [0.15, 0.2) is 4.99 Å². The van der Waals surface area contributed by atoms with Gasteiger partial charge in [-0.15, -0.1) is 0 Å². The Morgan fingerprint density at radius 2 is 2.33 bits per heavy atom. The molecule has 1 aliphatic heterocycles. The molecule has 2 rings (SSSR count). The van der Waals surface area contributed by atoms with Crippen molar-refractivity contribution in [3.8, 4) is 0 Å². The summed E-state index contributed by atoms with van der Waals surface area (Å²) in [5, 5.41) is 9.50. The van der Waals surface area contributed by atoms with Crippen LogP contribution >= 0.6 is 11.8 Å². The van der Waals surface area contributed by atoms with Crippen molar-refractivity contribution in [2.45, 2.75) is 24.5 Å². The molecule has 1 unspecified atom stereocenters. The first-order chi connectivity index (χ1) is 5.77. The molecule has 12 heavy (non-hydrogen) atoms. The van der Waals surface area contributed by atoms with Crippen LogP contribution in [0.1, 0.15) is 19.3 Å². The van der Waals surface area contributed by atoms with Gasteiger partial charge in [-0.3, -0.25) is 9.79 Å². The summed E-state index contributed by atoms with van der Waals surface area (Å²) in [4.78, 5) is 14.8. The maximum Gasteiger partial charge on any atom is 0.318 e. The summed E-state index contributed by atoms with van der Waals surface area (Å²) in [5.41, 5.74) is 0. The highest BCUT2D eigenvalue weighted by Crippen LogP contribution is 2.36. The van der Waals surface area contributed by atoms with E-state index in [2.05, 4.69) is 4.99 Å². The summed E-state index contributed by atoms with van der Waals surface area (Å²) >= 11 is 1.45. The van der Waals surface area contributed by atoms with E-state index in [-0.39, 0.29) is 5.25 Å². The van der Waals surface area contributed by atoms with Gasteiger partial charge in [0.1, 0.15) is 5.25 Å². The van der Waals surface area contributed by atoms with Gasteiger partial charge in [0, 0.05) is 5.92 Å². The molecule has 2 aliphatic rings. The Balaban J connectivity index is 1.91. The first kappa shape index (κ1) is 8.10. The molecule has 0 amide bonds. The van der Waals surface area contributed by atoms with Gasteiger partial charge in [-0.1, -0.05) is 18.2 Å². The van der Waals surface area contributed by atoms with E-state index in [9.17, 15) is 4.79 Å². The van der Waals surface area contributed by atoms with Crippen LogP contribution in [0.3, 0.4) is 0 Å². The fourth-order valence-corrected chi connectivity index (χ4v) is 2.52. The molecule has 0 radical (unpaired) electrons. The summed E-state index contributed by atoms with van der Waals surface area (Å²) < 4.78 is 0. The molecule has 66 valence electrons. The Labute approximate surface area is 75.3 Å². The summed E-state index contributed by atoms with van der Waals surface area (Å²) in [7, 11) is 0. The second-order valence-corrected chi connectivity index (χ2v) is 4.47. The minimum Gasteiger partial charge on any atom is -0.480 e. The first-order valence-corrected chi connectivity index (χ1v) is 5.09. The summed E-state index contributed by atoms with van der Waals surface area (Å²) in [6.45, 7) is 0.478. The monoisotopic (exact) mass is 185 g/mol. The lowest BCUT2D eigenvalue weighted by atomic mass is 9.86. The van der Waals surface area contributed by atoms with Crippen molar-refractivity contribution in [3.63, 3.8) is 0 Å². The molecule has 1 saturated carbocycles. The van der Waals surface area contributed by atoms with Crippen molar-refractivity contribution in [2.24, 2.45) is 10.9 Å². The van der Waals surface area contributed by atoms with Crippen molar-refractivity contribution in [2.75, 3.05) is 6.54 Å². The number of carboxylic acids is 1. The van der Waals surface area contributed by atoms with E-state index in [1.165, 1.54) is 31.0 Å². The number of carbonyl (C=O) groups is 1. The van der Waals surface area contributed by atoms with Crippen LogP contribution in [0.5, 0.6) is 0 Å². The van der Waals surface area contributed by atoms with E-state index < -0.39 is 5.97 Å². The van der Waals surface area contributed by atoms with Crippen LogP contribution in [0.2, 0.25) is 0 Å². The highest BCUT2D eigenvalue weighted by atomic mass is 32.2. The number of hydrogen-bond acceptors (Lipinski definition) is 3. The topological polar surface area (TPSA) is 49.7 Å². The fourth-order valence-electron chi connectivity index (χ4n) is 1.40. The molecule has 1 N–H and O–H groups in total. The van der Waals surface area contributed by atoms with Gasteiger partial charge in [0.05, 0.1) is 11.6 Å². The van der Waals surface area contributed by atoms with Gasteiger partial charge in [0.2, 0.25) is 0 Å². The molecule has 1 fully saturated rings. The third-order valence-corrected chi connectivity index (χ3v) is 3.74. The SMILES string of the molecule is O=C(O)C1CN=C(C2CCC2)S1. The van der Waals surface area contributed by atoms with E-state index in [4.69, 9.17) is 5.11 Å². The molecule has 0 saturated heterocycles. The molecule has 0 aromatic rings. The van der Waals surface area contributed by atoms with E-state index in [0.717, 1.165) is 5.04 Å². The quantitative estimate of drug-likeness (QED) is 0.707. The normalized spacial score (nSPS) is 29.7. The third-order valence-electron chi connectivity index (χ3n) is 2.41. The number of aliphatic imine (C=N–C) groups is 1. The zero-order chi connectivity index (χ0) is 8.55. The lowest BCUT2D eigenvalue weighted by Crippen LogP contribution is -2.21. The Bertz CT molecular complexity index is 235. The first-order valence-electron chi connectivity index (χ1n) is 4.21. The van der Waals surface area contributed by atoms with Gasteiger partial charge in [0.25, 0.3) is 0 Å². The van der Waals surface area contributed by atoms with E-state index in [1.54, 1.807) is 0 Å². The molecule has 0 aromatic heterocycles. The third kappa shape index (κ3) is 1.35. The smallest absolute Gasteiger partial charge is 0.318 e. The number of carboxylic acid groups (broad SMARTS) is 1. The minimum atomic E-state index is -0.724. The Kier molecular flexibility index (Phi) is 2.09. The molecule has 0 spiro atoms. The number of aliphatic carboxylic acids is 1. The zero-order valence-corrected chi connectivity index (χ0v) is 7.51. The average molecular weight is 185 g/mol. The molecule has 0 bridgehead atoms. The number of hydrogen-bond donors (Lipinski definition) is 1. The lowest BCUT2D eigenvalue weighted by molar-refractivity contribution is -0.136. The minimum absolute atomic E-state index is 0.305. The largest absolute Gasteiger partial charge is 0.480 e. The maximum absolute atomic E-state index is 10.6. The van der Waals surface area contributed by atoms with Crippen molar-refractivity contribution in [1.29, 1.82) is 0 Å². The van der Waals surface area contributed by atoms with Crippen molar-refractivity contribution >= 4 is 22.8 Å². The number of rotatable bonds is 2. The fraction of sp³-hybridized carbons (Fsp3) is 0.750. The molecule has 1 aliphatic carbocycles. The molecule has 0 aromatic carbocycles. The second-order valence-electron chi connectivity index (χ2n) is 3.25. The maximum atomic E-state index is 10.6. The second kappa shape index (κ2) is 3.09. The van der Waals surface area contributed by atoms with Crippen LogP contribution in [0.4, 0.5) is 0 Å². The molecular weight excluding hydrogens is 174 g/mol. The van der Waals surface area contributed by atoms with Gasteiger partial charge in [-0.25, -0.2) is 0 Å². The van der Waals surface area contributed by atoms with E-state index >= 15 is 0 Å². The average Bonchev–Trinajstić information content (AvgIpc) is 2.32. The molecule has 1 heterocycles.